The molecule has 1 aromatic rings. The van der Waals surface area contributed by atoms with Crippen LogP contribution >= 0.6 is 0 Å². The molecule has 0 saturated carbocycles. The van der Waals surface area contributed by atoms with Gasteiger partial charge in [-0.3, -0.25) is 0 Å². The molecular formula is C17H17N5. The summed E-state index contributed by atoms with van der Waals surface area (Å²) in [6.07, 6.45) is 3.72. The molecule has 1 N–H and O–H groups in total. The molecule has 1 aliphatic rings. The first-order valence-electron chi connectivity index (χ1n) is 7.24. The van der Waals surface area contributed by atoms with Crippen LogP contribution in [0.3, 0.4) is 0 Å². The molecule has 1 fully saturated rings. The maximum absolute atomic E-state index is 9.38. The fourth-order valence-corrected chi connectivity index (χ4v) is 2.64. The zero-order valence-corrected chi connectivity index (χ0v) is 12.5. The Hall–Kier alpha value is -2.97. The van der Waals surface area contributed by atoms with Crippen LogP contribution in [0.2, 0.25) is 0 Å². The summed E-state index contributed by atoms with van der Waals surface area (Å²) in [5.74, 6) is 0.634. The third kappa shape index (κ3) is 3.57. The number of hydrogen-bond acceptors (Lipinski definition) is 5. The third-order valence-electron chi connectivity index (χ3n) is 3.74. The molecule has 110 valence electrons. The Balaban J connectivity index is 2.22. The molecule has 1 saturated heterocycles. The van der Waals surface area contributed by atoms with Crippen LogP contribution in [-0.4, -0.2) is 13.1 Å². The summed E-state index contributed by atoms with van der Waals surface area (Å²) in [5.41, 5.74) is 2.23. The Morgan fingerprint density at radius 1 is 1.32 bits per heavy atom. The zero-order valence-electron chi connectivity index (χ0n) is 12.5. The van der Waals surface area contributed by atoms with E-state index in [1.807, 2.05) is 12.1 Å². The van der Waals surface area contributed by atoms with Crippen LogP contribution in [-0.2, 0) is 0 Å². The van der Waals surface area contributed by atoms with Gasteiger partial charge in [0.05, 0.1) is 11.3 Å². The van der Waals surface area contributed by atoms with Gasteiger partial charge in [-0.15, -0.1) is 0 Å². The quantitative estimate of drug-likeness (QED) is 0.864. The number of nitrogens with one attached hydrogen (secondary N) is 1. The molecule has 1 unspecified atom stereocenters. The van der Waals surface area contributed by atoms with Gasteiger partial charge < -0.3 is 10.2 Å². The molecular weight excluding hydrogens is 274 g/mol. The second-order valence-corrected chi connectivity index (χ2v) is 5.46. The molecule has 0 radical (unpaired) electrons. The minimum absolute atomic E-state index is 0.00700. The van der Waals surface area contributed by atoms with Crippen molar-refractivity contribution < 1.29 is 0 Å². The van der Waals surface area contributed by atoms with Gasteiger partial charge in [-0.2, -0.15) is 15.8 Å². The Kier molecular flexibility index (Phi) is 5.02. The number of rotatable bonds is 3. The summed E-state index contributed by atoms with van der Waals surface area (Å²) < 4.78 is 0. The van der Waals surface area contributed by atoms with Gasteiger partial charge in [0.2, 0.25) is 0 Å². The number of allylic oxidation sites excluding steroid dienone is 1. The van der Waals surface area contributed by atoms with Crippen LogP contribution in [0, 0.1) is 39.9 Å². The second-order valence-electron chi connectivity index (χ2n) is 5.46. The largest absolute Gasteiger partial charge is 0.370 e. The topological polar surface area (TPSA) is 86.6 Å². The lowest BCUT2D eigenvalue weighted by molar-refractivity contribution is 0.446. The number of benzene rings is 1. The van der Waals surface area contributed by atoms with E-state index in [2.05, 4.69) is 23.2 Å². The van der Waals surface area contributed by atoms with E-state index < -0.39 is 0 Å². The second kappa shape index (κ2) is 7.16. The summed E-state index contributed by atoms with van der Waals surface area (Å²) in [5, 5.41) is 29.7. The average Bonchev–Trinajstić information content (AvgIpc) is 2.55. The molecule has 5 heteroatoms. The van der Waals surface area contributed by atoms with Gasteiger partial charge in [-0.05, 0) is 37.0 Å². The molecule has 5 nitrogen and oxygen atoms in total. The predicted octanol–water partition coefficient (Wildman–Crippen LogP) is 3.14. The van der Waals surface area contributed by atoms with E-state index >= 15 is 0 Å². The van der Waals surface area contributed by atoms with Crippen molar-refractivity contribution in [3.05, 3.63) is 35.5 Å². The van der Waals surface area contributed by atoms with Crippen molar-refractivity contribution in [2.45, 2.75) is 19.8 Å². The number of anilines is 2. The first kappa shape index (κ1) is 15.4. The van der Waals surface area contributed by atoms with Gasteiger partial charge >= 0.3 is 0 Å². The average molecular weight is 291 g/mol. The minimum atomic E-state index is -0.00700. The van der Waals surface area contributed by atoms with E-state index in [4.69, 9.17) is 10.5 Å². The molecule has 0 bridgehead atoms. The highest BCUT2D eigenvalue weighted by Gasteiger charge is 2.19. The van der Waals surface area contributed by atoms with Crippen LogP contribution in [0.25, 0.3) is 0 Å². The molecule has 1 aliphatic heterocycles. The van der Waals surface area contributed by atoms with E-state index in [0.29, 0.717) is 17.2 Å². The lowest BCUT2D eigenvalue weighted by atomic mass is 9.99. The first-order chi connectivity index (χ1) is 10.7. The summed E-state index contributed by atoms with van der Waals surface area (Å²) >= 11 is 0. The standard InChI is InChI=1S/C17H17N5/c1-13-3-2-6-22(12-13)17-5-4-16(7-15(17)10-20)21-11-14(8-18)9-19/h4-5,7,11,13,21H,2-3,6,12H2,1H3. The van der Waals surface area contributed by atoms with Gasteiger partial charge in [0.25, 0.3) is 0 Å². The van der Waals surface area contributed by atoms with Gasteiger partial charge in [0, 0.05) is 25.0 Å². The monoisotopic (exact) mass is 291 g/mol. The molecule has 0 aliphatic carbocycles. The lowest BCUT2D eigenvalue weighted by Crippen LogP contribution is -2.34. The lowest BCUT2D eigenvalue weighted by Gasteiger charge is -2.33. The van der Waals surface area contributed by atoms with E-state index in [9.17, 15) is 5.26 Å². The third-order valence-corrected chi connectivity index (χ3v) is 3.74. The van der Waals surface area contributed by atoms with Gasteiger partial charge in [0.1, 0.15) is 23.8 Å². The van der Waals surface area contributed by atoms with Crippen LogP contribution in [0.4, 0.5) is 11.4 Å². The number of hydrogen-bond donors (Lipinski definition) is 1. The van der Waals surface area contributed by atoms with E-state index in [-0.39, 0.29) is 5.57 Å². The molecule has 0 aromatic heterocycles. The van der Waals surface area contributed by atoms with Crippen molar-refractivity contribution in [3.8, 4) is 18.2 Å². The normalized spacial score (nSPS) is 16.8. The maximum Gasteiger partial charge on any atom is 0.145 e. The molecule has 1 aromatic carbocycles. The molecule has 0 amide bonds. The molecule has 2 rings (SSSR count). The van der Waals surface area contributed by atoms with Gasteiger partial charge in [-0.1, -0.05) is 6.92 Å². The fraction of sp³-hybridized carbons (Fsp3) is 0.353. The molecule has 22 heavy (non-hydrogen) atoms. The summed E-state index contributed by atoms with van der Waals surface area (Å²) in [6.45, 7) is 4.16. The van der Waals surface area contributed by atoms with Crippen LogP contribution in [0.15, 0.2) is 30.0 Å². The van der Waals surface area contributed by atoms with Crippen molar-refractivity contribution >= 4 is 11.4 Å². The van der Waals surface area contributed by atoms with Crippen molar-refractivity contribution in [1.82, 2.24) is 0 Å². The summed E-state index contributed by atoms with van der Waals surface area (Å²) in [7, 11) is 0. The van der Waals surface area contributed by atoms with E-state index in [0.717, 1.165) is 25.2 Å². The maximum atomic E-state index is 9.38. The zero-order chi connectivity index (χ0) is 15.9. The number of piperidine rings is 1. The van der Waals surface area contributed by atoms with Crippen molar-refractivity contribution in [2.24, 2.45) is 5.92 Å². The summed E-state index contributed by atoms with van der Waals surface area (Å²) in [4.78, 5) is 2.25. The molecule has 1 atom stereocenters. The minimum Gasteiger partial charge on any atom is -0.370 e. The van der Waals surface area contributed by atoms with Crippen molar-refractivity contribution in [1.29, 1.82) is 15.8 Å². The van der Waals surface area contributed by atoms with Crippen molar-refractivity contribution in [2.75, 3.05) is 23.3 Å². The molecule has 0 spiro atoms. The smallest absolute Gasteiger partial charge is 0.145 e. The van der Waals surface area contributed by atoms with Crippen molar-refractivity contribution in [3.63, 3.8) is 0 Å². The van der Waals surface area contributed by atoms with Crippen LogP contribution < -0.4 is 10.2 Å². The number of nitriles is 3. The molecule has 1 heterocycles. The van der Waals surface area contributed by atoms with E-state index in [1.165, 1.54) is 12.6 Å². The Morgan fingerprint density at radius 2 is 2.09 bits per heavy atom. The Bertz CT molecular complexity index is 683. The van der Waals surface area contributed by atoms with E-state index in [1.54, 1.807) is 18.2 Å². The Labute approximate surface area is 130 Å². The Morgan fingerprint density at radius 3 is 2.73 bits per heavy atom. The predicted molar refractivity (Wildman–Crippen MR) is 84.7 cm³/mol. The highest BCUT2D eigenvalue weighted by Crippen LogP contribution is 2.28. The summed E-state index contributed by atoms with van der Waals surface area (Å²) in [6, 6.07) is 11.3. The van der Waals surface area contributed by atoms with Crippen LogP contribution in [0.5, 0.6) is 0 Å². The van der Waals surface area contributed by atoms with Crippen LogP contribution in [0.1, 0.15) is 25.3 Å². The van der Waals surface area contributed by atoms with Gasteiger partial charge in [-0.25, -0.2) is 0 Å². The van der Waals surface area contributed by atoms with Gasteiger partial charge in [0.15, 0.2) is 0 Å². The highest BCUT2D eigenvalue weighted by molar-refractivity contribution is 5.66. The fourth-order valence-electron chi connectivity index (χ4n) is 2.64. The highest BCUT2D eigenvalue weighted by atomic mass is 15.1. The SMILES string of the molecule is CC1CCCN(c2ccc(NC=C(C#N)C#N)cc2C#N)C1. The number of nitrogens with zero attached hydrogens (tertiary/aromatic N) is 4. The first-order valence-corrected chi connectivity index (χ1v) is 7.24.